The van der Waals surface area contributed by atoms with Crippen LogP contribution in [-0.4, -0.2) is 29.2 Å². The predicted molar refractivity (Wildman–Crippen MR) is 125 cm³/mol. The third-order valence-electron chi connectivity index (χ3n) is 5.42. The number of fused-ring (bicyclic) bond motifs is 2. The highest BCUT2D eigenvalue weighted by Crippen LogP contribution is 2.32. The number of sulfonamides is 1. The highest BCUT2D eigenvalue weighted by atomic mass is 79.9. The molecule has 0 saturated carbocycles. The molecule has 5 rings (SSSR count). The Morgan fingerprint density at radius 2 is 1.81 bits per heavy atom. The van der Waals surface area contributed by atoms with Crippen LogP contribution < -0.4 is 5.32 Å². The minimum Gasteiger partial charge on any atom is -0.339 e. The Hall–Kier alpha value is -2.81. The van der Waals surface area contributed by atoms with Gasteiger partial charge in [-0.25, -0.2) is 13.4 Å². The number of hydrogen-bond acceptors (Lipinski definition) is 5. The van der Waals surface area contributed by atoms with Crippen LogP contribution in [0.1, 0.15) is 11.1 Å². The molecule has 0 spiro atoms. The van der Waals surface area contributed by atoms with E-state index in [4.69, 9.17) is 0 Å². The first kappa shape index (κ1) is 20.1. The van der Waals surface area contributed by atoms with Gasteiger partial charge < -0.3 is 5.32 Å². The Morgan fingerprint density at radius 1 is 1.00 bits per heavy atom. The van der Waals surface area contributed by atoms with Gasteiger partial charge >= 0.3 is 0 Å². The summed E-state index contributed by atoms with van der Waals surface area (Å²) < 4.78 is 28.4. The largest absolute Gasteiger partial charge is 0.339 e. The molecule has 6 nitrogen and oxygen atoms in total. The van der Waals surface area contributed by atoms with Crippen molar-refractivity contribution in [1.82, 2.24) is 14.3 Å². The van der Waals surface area contributed by atoms with Crippen LogP contribution in [0.3, 0.4) is 0 Å². The van der Waals surface area contributed by atoms with Crippen molar-refractivity contribution in [2.24, 2.45) is 0 Å². The van der Waals surface area contributed by atoms with Crippen LogP contribution in [0, 0.1) is 0 Å². The third-order valence-corrected chi connectivity index (χ3v) is 8.28. The molecular weight excluding hydrogens is 476 g/mol. The standard InChI is InChI=1S/C23H19BrN4O2S/c24-20-6-2-4-8-22(20)31(29,30)28-12-10-19-17(15-28)9-11-25-23(19)27-18-13-16-5-1-3-7-21(16)26-14-18/h1-9,11,13-14H,10,12,15H2,(H,25,27). The van der Waals surface area contributed by atoms with Crippen LogP contribution >= 0.6 is 15.9 Å². The highest BCUT2D eigenvalue weighted by molar-refractivity contribution is 9.10. The summed E-state index contributed by atoms with van der Waals surface area (Å²) in [6, 6.07) is 18.8. The average Bonchev–Trinajstić information content (AvgIpc) is 2.79. The monoisotopic (exact) mass is 494 g/mol. The normalized spacial score (nSPS) is 14.4. The van der Waals surface area contributed by atoms with E-state index >= 15 is 0 Å². The van der Waals surface area contributed by atoms with Gasteiger partial charge in [-0.1, -0.05) is 30.3 Å². The maximum absolute atomic E-state index is 13.2. The zero-order valence-corrected chi connectivity index (χ0v) is 18.9. The lowest BCUT2D eigenvalue weighted by Crippen LogP contribution is -2.36. The smallest absolute Gasteiger partial charge is 0.244 e. The van der Waals surface area contributed by atoms with Crippen molar-refractivity contribution in [3.05, 3.63) is 88.7 Å². The van der Waals surface area contributed by atoms with Gasteiger partial charge in [-0.3, -0.25) is 4.98 Å². The molecule has 0 saturated heterocycles. The van der Waals surface area contributed by atoms with E-state index in [0.717, 1.165) is 33.5 Å². The third kappa shape index (κ3) is 3.82. The molecule has 0 fully saturated rings. The van der Waals surface area contributed by atoms with Crippen LogP contribution in [0.25, 0.3) is 10.9 Å². The molecule has 0 amide bonds. The molecule has 1 aliphatic heterocycles. The summed E-state index contributed by atoms with van der Waals surface area (Å²) in [5.41, 5.74) is 3.77. The second-order valence-corrected chi connectivity index (χ2v) is 10.1. The molecule has 156 valence electrons. The van der Waals surface area contributed by atoms with Gasteiger partial charge in [-0.15, -0.1) is 0 Å². The number of anilines is 2. The Labute approximate surface area is 189 Å². The SMILES string of the molecule is O=S(=O)(c1ccccc1Br)N1CCc2c(ccnc2Nc2cnc3ccccc3c2)C1. The highest BCUT2D eigenvalue weighted by Gasteiger charge is 2.30. The van der Waals surface area contributed by atoms with E-state index in [1.54, 1.807) is 36.7 Å². The van der Waals surface area contributed by atoms with Crippen molar-refractivity contribution >= 4 is 48.4 Å². The number of pyridine rings is 2. The Balaban J connectivity index is 1.43. The Kier molecular flexibility index (Phi) is 5.21. The van der Waals surface area contributed by atoms with Crippen molar-refractivity contribution in [1.29, 1.82) is 0 Å². The summed E-state index contributed by atoms with van der Waals surface area (Å²) in [6.45, 7) is 0.708. The van der Waals surface area contributed by atoms with Gasteiger partial charge in [0, 0.05) is 34.7 Å². The molecule has 2 aromatic heterocycles. The van der Waals surface area contributed by atoms with E-state index in [2.05, 4.69) is 31.2 Å². The van der Waals surface area contributed by atoms with Gasteiger partial charge in [0.25, 0.3) is 0 Å². The maximum atomic E-state index is 13.2. The van der Waals surface area contributed by atoms with Crippen molar-refractivity contribution in [3.8, 4) is 0 Å². The number of para-hydroxylation sites is 1. The summed E-state index contributed by atoms with van der Waals surface area (Å²) >= 11 is 3.36. The molecule has 8 heteroatoms. The minimum atomic E-state index is -3.60. The van der Waals surface area contributed by atoms with Crippen LogP contribution in [0.15, 0.2) is 82.4 Å². The summed E-state index contributed by atoms with van der Waals surface area (Å²) in [7, 11) is -3.60. The molecule has 2 aromatic carbocycles. The predicted octanol–water partition coefficient (Wildman–Crippen LogP) is 4.88. The number of rotatable bonds is 4. The van der Waals surface area contributed by atoms with Crippen LogP contribution in [0.5, 0.6) is 0 Å². The number of aromatic nitrogens is 2. The van der Waals surface area contributed by atoms with Gasteiger partial charge in [0.2, 0.25) is 10.0 Å². The Bertz CT molecular complexity index is 1390. The van der Waals surface area contributed by atoms with Gasteiger partial charge in [0.05, 0.1) is 22.3 Å². The quantitative estimate of drug-likeness (QED) is 0.437. The first-order valence-electron chi connectivity index (χ1n) is 9.85. The number of nitrogens with one attached hydrogen (secondary N) is 1. The summed E-state index contributed by atoms with van der Waals surface area (Å²) in [5, 5.41) is 4.41. The number of halogens is 1. The van der Waals surface area contributed by atoms with Crippen molar-refractivity contribution in [2.75, 3.05) is 11.9 Å². The topological polar surface area (TPSA) is 75.2 Å². The zero-order chi connectivity index (χ0) is 21.4. The molecule has 1 N–H and O–H groups in total. The molecule has 0 radical (unpaired) electrons. The van der Waals surface area contributed by atoms with Crippen LogP contribution in [0.2, 0.25) is 0 Å². The lowest BCUT2D eigenvalue weighted by Gasteiger charge is -2.29. The van der Waals surface area contributed by atoms with E-state index in [0.29, 0.717) is 24.0 Å². The second-order valence-electron chi connectivity index (χ2n) is 7.36. The fourth-order valence-electron chi connectivity index (χ4n) is 3.85. The first-order chi connectivity index (χ1) is 15.0. The zero-order valence-electron chi connectivity index (χ0n) is 16.5. The molecule has 31 heavy (non-hydrogen) atoms. The van der Waals surface area contributed by atoms with E-state index in [9.17, 15) is 8.42 Å². The van der Waals surface area contributed by atoms with Gasteiger partial charge in [0.1, 0.15) is 5.82 Å². The molecule has 1 aliphatic rings. The second kappa shape index (κ2) is 8.03. The molecule has 0 bridgehead atoms. The van der Waals surface area contributed by atoms with E-state index in [1.165, 1.54) is 4.31 Å². The average molecular weight is 495 g/mol. The maximum Gasteiger partial charge on any atom is 0.244 e. The summed E-state index contributed by atoms with van der Waals surface area (Å²) in [5.74, 6) is 0.743. The van der Waals surface area contributed by atoms with Crippen molar-refractivity contribution < 1.29 is 8.42 Å². The fourth-order valence-corrected chi connectivity index (χ4v) is 6.23. The first-order valence-corrected chi connectivity index (χ1v) is 12.1. The summed E-state index contributed by atoms with van der Waals surface area (Å²) in [4.78, 5) is 9.29. The summed E-state index contributed by atoms with van der Waals surface area (Å²) in [6.07, 6.45) is 4.08. The lowest BCUT2D eigenvalue weighted by atomic mass is 10.0. The van der Waals surface area contributed by atoms with Gasteiger partial charge in [-0.05, 0) is 58.2 Å². The Morgan fingerprint density at radius 3 is 2.68 bits per heavy atom. The van der Waals surface area contributed by atoms with Gasteiger partial charge in [0.15, 0.2) is 0 Å². The van der Waals surface area contributed by atoms with Crippen LogP contribution in [-0.2, 0) is 23.0 Å². The van der Waals surface area contributed by atoms with E-state index < -0.39 is 10.0 Å². The number of nitrogens with zero attached hydrogens (tertiary/aromatic N) is 3. The van der Waals surface area contributed by atoms with E-state index in [-0.39, 0.29) is 4.90 Å². The van der Waals surface area contributed by atoms with Crippen molar-refractivity contribution in [3.63, 3.8) is 0 Å². The fraction of sp³-hybridized carbons (Fsp3) is 0.130. The molecule has 0 unspecified atom stereocenters. The lowest BCUT2D eigenvalue weighted by molar-refractivity contribution is 0.391. The molecule has 0 aliphatic carbocycles. The number of hydrogen-bond donors (Lipinski definition) is 1. The molecule has 3 heterocycles. The van der Waals surface area contributed by atoms with Crippen LogP contribution in [0.4, 0.5) is 11.5 Å². The molecule has 0 atom stereocenters. The molecular formula is C23H19BrN4O2S. The molecule has 4 aromatic rings. The van der Waals surface area contributed by atoms with E-state index in [1.807, 2.05) is 36.4 Å². The number of benzene rings is 2. The van der Waals surface area contributed by atoms with Gasteiger partial charge in [-0.2, -0.15) is 4.31 Å². The minimum absolute atomic E-state index is 0.285. The van der Waals surface area contributed by atoms with Crippen molar-refractivity contribution in [2.45, 2.75) is 17.9 Å².